The highest BCUT2D eigenvalue weighted by Crippen LogP contribution is 2.45. The summed E-state index contributed by atoms with van der Waals surface area (Å²) < 4.78 is 68.5. The molecular formula is C79H144O17P2. The minimum Gasteiger partial charge on any atom is -0.462 e. The van der Waals surface area contributed by atoms with Gasteiger partial charge in [0.1, 0.15) is 19.3 Å². The summed E-state index contributed by atoms with van der Waals surface area (Å²) in [5.41, 5.74) is 0. The zero-order valence-electron chi connectivity index (χ0n) is 62.5. The van der Waals surface area contributed by atoms with Crippen LogP contribution in [0.3, 0.4) is 0 Å². The lowest BCUT2D eigenvalue weighted by Crippen LogP contribution is -2.30. The van der Waals surface area contributed by atoms with Crippen LogP contribution in [0.15, 0.2) is 60.8 Å². The number of esters is 4. The van der Waals surface area contributed by atoms with E-state index < -0.39 is 97.5 Å². The minimum atomic E-state index is -4.97. The molecule has 0 fully saturated rings. The molecule has 0 aromatic carbocycles. The summed E-state index contributed by atoms with van der Waals surface area (Å²) in [5.74, 6) is -2.18. The summed E-state index contributed by atoms with van der Waals surface area (Å²) >= 11 is 0. The van der Waals surface area contributed by atoms with Gasteiger partial charge in [0.2, 0.25) is 0 Å². The average Bonchev–Trinajstić information content (AvgIpc) is 0.959. The first-order valence-corrected chi connectivity index (χ1v) is 42.5. The summed E-state index contributed by atoms with van der Waals surface area (Å²) in [5, 5.41) is 10.6. The van der Waals surface area contributed by atoms with E-state index in [-0.39, 0.29) is 25.7 Å². The summed E-state index contributed by atoms with van der Waals surface area (Å²) in [4.78, 5) is 72.9. The predicted octanol–water partition coefficient (Wildman–Crippen LogP) is 22.7. The molecule has 0 heterocycles. The summed E-state index contributed by atoms with van der Waals surface area (Å²) in [6.45, 7) is 4.84. The Morgan fingerprint density at radius 2 is 0.500 bits per heavy atom. The van der Waals surface area contributed by atoms with Crippen LogP contribution in [0.1, 0.15) is 362 Å². The SMILES string of the molecule is CCCCC/C=C\C/C=C\CCCCCCCC(=O)OC[C@H](COP(=O)(O)OC[C@@H](O)COP(=O)(O)OC[C@@H](COC(=O)CCCCCCCCC/C=C\CCCCCC)OC(=O)CCCCCCC/C=C\CCCCCCCC)OC(=O)CCCCCCC/C=C\CCCCCC. The van der Waals surface area contributed by atoms with Crippen LogP contribution < -0.4 is 0 Å². The molecule has 0 aromatic rings. The van der Waals surface area contributed by atoms with Crippen LogP contribution in [0.25, 0.3) is 0 Å². The van der Waals surface area contributed by atoms with Crippen molar-refractivity contribution in [1.29, 1.82) is 0 Å². The van der Waals surface area contributed by atoms with Gasteiger partial charge in [0.25, 0.3) is 0 Å². The molecule has 572 valence electrons. The Balaban J connectivity index is 5.34. The van der Waals surface area contributed by atoms with Crippen molar-refractivity contribution in [2.75, 3.05) is 39.6 Å². The van der Waals surface area contributed by atoms with Crippen LogP contribution in [0.2, 0.25) is 0 Å². The van der Waals surface area contributed by atoms with Gasteiger partial charge in [-0.1, -0.05) is 262 Å². The zero-order valence-corrected chi connectivity index (χ0v) is 64.3. The first-order chi connectivity index (χ1) is 47.7. The number of hydrogen-bond donors (Lipinski definition) is 3. The highest BCUT2D eigenvalue weighted by atomic mass is 31.2. The van der Waals surface area contributed by atoms with Crippen molar-refractivity contribution in [3.63, 3.8) is 0 Å². The fraction of sp³-hybridized carbons (Fsp3) is 0.823. The van der Waals surface area contributed by atoms with Crippen LogP contribution in [-0.2, 0) is 65.4 Å². The van der Waals surface area contributed by atoms with Crippen molar-refractivity contribution in [3.8, 4) is 0 Å². The van der Waals surface area contributed by atoms with Crippen molar-refractivity contribution in [1.82, 2.24) is 0 Å². The van der Waals surface area contributed by atoms with Crippen molar-refractivity contribution in [2.24, 2.45) is 0 Å². The molecule has 0 aliphatic heterocycles. The van der Waals surface area contributed by atoms with Gasteiger partial charge >= 0.3 is 39.5 Å². The van der Waals surface area contributed by atoms with Crippen LogP contribution in [0.5, 0.6) is 0 Å². The van der Waals surface area contributed by atoms with Crippen molar-refractivity contribution >= 4 is 39.5 Å². The van der Waals surface area contributed by atoms with Gasteiger partial charge in [0, 0.05) is 25.7 Å². The maximum absolute atomic E-state index is 13.1. The Morgan fingerprint density at radius 3 is 0.796 bits per heavy atom. The lowest BCUT2D eigenvalue weighted by molar-refractivity contribution is -0.161. The fourth-order valence-electron chi connectivity index (χ4n) is 10.8. The van der Waals surface area contributed by atoms with Crippen molar-refractivity contribution < 1.29 is 80.2 Å². The normalized spacial score (nSPS) is 14.2. The first kappa shape index (κ1) is 94.8. The molecule has 0 amide bonds. The molecule has 3 N–H and O–H groups in total. The molecule has 0 bridgehead atoms. The number of aliphatic hydroxyl groups is 1. The van der Waals surface area contributed by atoms with Gasteiger partial charge in [-0.2, -0.15) is 0 Å². The van der Waals surface area contributed by atoms with Gasteiger partial charge < -0.3 is 33.8 Å². The second-order valence-electron chi connectivity index (χ2n) is 26.6. The van der Waals surface area contributed by atoms with Crippen molar-refractivity contribution in [2.45, 2.75) is 380 Å². The largest absolute Gasteiger partial charge is 0.472 e. The van der Waals surface area contributed by atoms with E-state index in [9.17, 15) is 43.2 Å². The zero-order chi connectivity index (χ0) is 71.8. The van der Waals surface area contributed by atoms with Gasteiger partial charge in [-0.15, -0.1) is 0 Å². The highest BCUT2D eigenvalue weighted by molar-refractivity contribution is 7.47. The molecular weight excluding hydrogens is 1280 g/mol. The number of unbranched alkanes of at least 4 members (excludes halogenated alkanes) is 39. The smallest absolute Gasteiger partial charge is 0.462 e. The number of allylic oxidation sites excluding steroid dienone is 10. The monoisotopic (exact) mass is 1430 g/mol. The quantitative estimate of drug-likeness (QED) is 0.0169. The van der Waals surface area contributed by atoms with Crippen LogP contribution in [0.4, 0.5) is 0 Å². The van der Waals surface area contributed by atoms with E-state index in [1.165, 1.54) is 122 Å². The molecule has 0 saturated carbocycles. The Morgan fingerprint density at radius 1 is 0.286 bits per heavy atom. The lowest BCUT2D eigenvalue weighted by atomic mass is 10.1. The number of carbonyl (C=O) groups is 4. The number of rotatable bonds is 75. The van der Waals surface area contributed by atoms with Crippen LogP contribution in [0, 0.1) is 0 Å². The maximum atomic E-state index is 13.1. The number of phosphoric acid groups is 2. The standard InChI is InChI=1S/C79H144O17P2/c1-5-9-13-17-21-25-29-33-36-40-43-47-51-55-59-63-76(81)89-69-74(95-78(83)65-61-57-53-49-45-39-32-28-24-20-16-12-8-4)71-93-97(85,86)91-67-73(80)68-92-98(87,88)94-72-75(96-79(84)66-62-58-54-50-46-42-38-35-31-27-23-19-15-11-7-3)70-90-77(82)64-60-56-52-48-44-41-37-34-30-26-22-18-14-10-6-2/h21,25-26,28,30,32-33,35-36,38,73-75,80H,5-20,22-24,27,29,31,34,37,39-72H2,1-4H3,(H,85,86)(H,87,88)/b25-21-,30-26-,32-28-,36-33-,38-35-/t73-,74-,75-/m1/s1. The number of ether oxygens (including phenoxy) is 4. The summed E-state index contributed by atoms with van der Waals surface area (Å²) in [6.07, 6.45) is 70.5. The molecule has 0 spiro atoms. The Bertz CT molecular complexity index is 2100. The van der Waals surface area contributed by atoms with Gasteiger partial charge in [-0.05, 0) is 135 Å². The number of aliphatic hydroxyl groups excluding tert-OH is 1. The molecule has 0 rings (SSSR count). The third-order valence-electron chi connectivity index (χ3n) is 16.9. The molecule has 5 atom stereocenters. The Kier molecular flexibility index (Phi) is 69.7. The number of carbonyl (C=O) groups excluding carboxylic acids is 4. The van der Waals surface area contributed by atoms with Crippen LogP contribution in [-0.4, -0.2) is 96.7 Å². The van der Waals surface area contributed by atoms with E-state index in [2.05, 4.69) is 88.5 Å². The fourth-order valence-corrected chi connectivity index (χ4v) is 12.4. The highest BCUT2D eigenvalue weighted by Gasteiger charge is 2.30. The Labute approximate surface area is 597 Å². The van der Waals surface area contributed by atoms with Gasteiger partial charge in [-0.3, -0.25) is 37.3 Å². The topological polar surface area (TPSA) is 237 Å². The maximum Gasteiger partial charge on any atom is 0.472 e. The summed E-state index contributed by atoms with van der Waals surface area (Å²) in [6, 6.07) is 0. The van der Waals surface area contributed by atoms with Gasteiger partial charge in [0.05, 0.1) is 26.4 Å². The number of phosphoric ester groups is 2. The van der Waals surface area contributed by atoms with Crippen LogP contribution >= 0.6 is 15.6 Å². The van der Waals surface area contributed by atoms with E-state index in [4.69, 9.17) is 37.0 Å². The average molecular weight is 1430 g/mol. The molecule has 0 saturated heterocycles. The molecule has 0 radical (unpaired) electrons. The molecule has 0 aliphatic rings. The molecule has 0 aromatic heterocycles. The van der Waals surface area contributed by atoms with E-state index in [1.54, 1.807) is 0 Å². The molecule has 0 aliphatic carbocycles. The summed E-state index contributed by atoms with van der Waals surface area (Å²) in [7, 11) is -9.95. The van der Waals surface area contributed by atoms with Crippen molar-refractivity contribution in [3.05, 3.63) is 60.8 Å². The lowest BCUT2D eigenvalue weighted by Gasteiger charge is -2.21. The molecule has 19 heteroatoms. The van der Waals surface area contributed by atoms with E-state index in [0.717, 1.165) is 161 Å². The predicted molar refractivity (Wildman–Crippen MR) is 400 cm³/mol. The third kappa shape index (κ3) is 71.2. The van der Waals surface area contributed by atoms with Gasteiger partial charge in [0.15, 0.2) is 12.2 Å². The van der Waals surface area contributed by atoms with E-state index in [0.29, 0.717) is 25.7 Å². The second-order valence-corrected chi connectivity index (χ2v) is 29.5. The van der Waals surface area contributed by atoms with Gasteiger partial charge in [-0.25, -0.2) is 9.13 Å². The molecule has 2 unspecified atom stereocenters. The third-order valence-corrected chi connectivity index (χ3v) is 18.8. The molecule has 17 nitrogen and oxygen atoms in total. The Hall–Kier alpha value is -3.24. The minimum absolute atomic E-state index is 0.0852. The molecule has 98 heavy (non-hydrogen) atoms. The number of hydrogen-bond acceptors (Lipinski definition) is 15. The first-order valence-electron chi connectivity index (χ1n) is 39.5. The van der Waals surface area contributed by atoms with E-state index >= 15 is 0 Å². The van der Waals surface area contributed by atoms with E-state index in [1.807, 2.05) is 0 Å². The second kappa shape index (κ2) is 72.1.